The second kappa shape index (κ2) is 38.2. The predicted octanol–water partition coefficient (Wildman–Crippen LogP) is -4.28. The Morgan fingerprint density at radius 1 is 0.234 bits per heavy atom. The predicted molar refractivity (Wildman–Crippen MR) is 268 cm³/mol. The third kappa shape index (κ3) is 35.5. The summed E-state index contributed by atoms with van der Waals surface area (Å²) in [4.78, 5) is 140. The highest BCUT2D eigenvalue weighted by atomic mass is 16.4. The second-order valence-corrected chi connectivity index (χ2v) is 18.6. The summed E-state index contributed by atoms with van der Waals surface area (Å²) in [7, 11) is 0. The molecule has 0 bridgehead atoms. The maximum absolute atomic E-state index is 11.6. The van der Waals surface area contributed by atoms with Crippen molar-refractivity contribution in [1.29, 1.82) is 0 Å². The van der Waals surface area contributed by atoms with Crippen molar-refractivity contribution in [1.82, 2.24) is 53.9 Å². The highest BCUT2D eigenvalue weighted by Gasteiger charge is 2.24. The van der Waals surface area contributed by atoms with E-state index < -0.39 is 59.9 Å². The van der Waals surface area contributed by atoms with E-state index in [0.717, 1.165) is 9.80 Å². The van der Waals surface area contributed by atoms with Crippen LogP contribution in [0.25, 0.3) is 0 Å². The number of hydrogen-bond acceptors (Lipinski definition) is 20. The standard InChI is InChI=1S/C19H34N4O7.C16H28N4O8.C10H17N3O6/c1-16(24)12-20-4-2-5-22(14-18(27)28)10-11-23(15-19(29)30)7-3-6-21(9-8-20)13-17(25)26;21-13(22)9-17-1-2-18(10-14(23)24)5-6-20(12-16(27)28)8-7-19(4-3-17)11-15(25)26;14-8(15)7-11-1-3-12(9(16)17)5-6-13(4-2-11)10(18)19/h2-15H2,1H3,(H,25,26)(H,27,28)(H,29,30);1-12H2,(H,21,22)(H,23,24)(H,25,26)(H,27,28);1-7H2,(H,14,15)(H,16,17)(H,18,19). The molecule has 0 atom stereocenters. The Morgan fingerprint density at radius 2 is 0.377 bits per heavy atom. The molecule has 440 valence electrons. The van der Waals surface area contributed by atoms with E-state index >= 15 is 0 Å². The van der Waals surface area contributed by atoms with Crippen LogP contribution in [-0.2, 0) is 43.2 Å². The molecule has 77 heavy (non-hydrogen) atoms. The molecule has 3 fully saturated rings. The van der Waals surface area contributed by atoms with Crippen molar-refractivity contribution in [3.8, 4) is 0 Å². The molecule has 0 aliphatic carbocycles. The van der Waals surface area contributed by atoms with Gasteiger partial charge in [-0.1, -0.05) is 0 Å². The molecule has 10 N–H and O–H groups in total. The van der Waals surface area contributed by atoms with Crippen molar-refractivity contribution in [2.75, 3.05) is 203 Å². The molecule has 3 heterocycles. The van der Waals surface area contributed by atoms with Crippen LogP contribution in [0, 0.1) is 0 Å². The first-order valence-corrected chi connectivity index (χ1v) is 24.9. The average Bonchev–Trinajstić information content (AvgIpc) is 3.40. The van der Waals surface area contributed by atoms with Gasteiger partial charge in [0.25, 0.3) is 0 Å². The normalized spacial score (nSPS) is 19.3. The van der Waals surface area contributed by atoms with Crippen molar-refractivity contribution >= 4 is 65.7 Å². The summed E-state index contributed by atoms with van der Waals surface area (Å²) in [6.45, 7) is 7.64. The number of nitrogens with zero attached hydrogens (tertiary/aromatic N) is 11. The third-order valence-corrected chi connectivity index (χ3v) is 12.2. The van der Waals surface area contributed by atoms with Gasteiger partial charge in [-0.2, -0.15) is 0 Å². The number of hydrogen-bond donors (Lipinski definition) is 10. The van der Waals surface area contributed by atoms with Crippen molar-refractivity contribution in [3.05, 3.63) is 0 Å². The lowest BCUT2D eigenvalue weighted by atomic mass is 10.2. The SMILES string of the molecule is CC(=O)CN1CCCN(CC(=O)O)CCN(CC(=O)O)CCCN(CC(=O)O)CC1.O=C(O)CN1CCN(C(=O)O)CCN(C(=O)O)CC1.O=C(O)CN1CCN(CC(=O)O)CCN(CC(=O)O)CCN(CC(=O)O)CC1. The lowest BCUT2D eigenvalue weighted by Gasteiger charge is -2.32. The van der Waals surface area contributed by atoms with Gasteiger partial charge in [0.15, 0.2) is 0 Å². The number of carboxylic acid groups (broad SMARTS) is 10. The van der Waals surface area contributed by atoms with Crippen LogP contribution >= 0.6 is 0 Å². The number of carboxylic acids is 8. The minimum atomic E-state index is -1.14. The van der Waals surface area contributed by atoms with Crippen LogP contribution in [0.15, 0.2) is 0 Å². The van der Waals surface area contributed by atoms with Crippen molar-refractivity contribution in [2.45, 2.75) is 19.8 Å². The van der Waals surface area contributed by atoms with E-state index in [4.69, 9.17) is 51.1 Å². The highest BCUT2D eigenvalue weighted by Crippen LogP contribution is 2.06. The Kier molecular flexibility index (Phi) is 34.0. The summed E-state index contributed by atoms with van der Waals surface area (Å²) in [6.07, 6.45) is -1.03. The van der Waals surface area contributed by atoms with Crippen molar-refractivity contribution in [3.63, 3.8) is 0 Å². The van der Waals surface area contributed by atoms with Gasteiger partial charge in [0.2, 0.25) is 0 Å². The van der Waals surface area contributed by atoms with Crippen LogP contribution in [0.2, 0.25) is 0 Å². The van der Waals surface area contributed by atoms with Gasteiger partial charge in [-0.3, -0.25) is 87.3 Å². The lowest BCUT2D eigenvalue weighted by Crippen LogP contribution is -2.49. The topological polar surface area (TPSA) is 426 Å². The summed E-state index contributed by atoms with van der Waals surface area (Å²) >= 11 is 0. The summed E-state index contributed by atoms with van der Waals surface area (Å²) in [5.74, 6) is -7.90. The molecular formula is C45H79N11O21. The maximum atomic E-state index is 11.6. The summed E-state index contributed by atoms with van der Waals surface area (Å²) < 4.78 is 0. The van der Waals surface area contributed by atoms with Gasteiger partial charge >= 0.3 is 59.9 Å². The van der Waals surface area contributed by atoms with E-state index in [0.29, 0.717) is 118 Å². The molecule has 3 rings (SSSR count). The molecule has 0 saturated carbocycles. The molecule has 0 aromatic heterocycles. The van der Waals surface area contributed by atoms with E-state index in [2.05, 4.69) is 0 Å². The lowest BCUT2D eigenvalue weighted by molar-refractivity contribution is -0.141. The fourth-order valence-electron chi connectivity index (χ4n) is 8.38. The number of carbonyl (C=O) groups is 11. The fraction of sp³-hybridized carbons (Fsp3) is 0.756. The molecule has 0 radical (unpaired) electrons. The molecule has 0 unspecified atom stereocenters. The van der Waals surface area contributed by atoms with Crippen LogP contribution in [0.3, 0.4) is 0 Å². The van der Waals surface area contributed by atoms with Crippen LogP contribution in [-0.4, -0.2) is 374 Å². The zero-order valence-corrected chi connectivity index (χ0v) is 43.7. The quantitative estimate of drug-likeness (QED) is 0.0621. The van der Waals surface area contributed by atoms with Crippen LogP contribution in [0.4, 0.5) is 9.59 Å². The molecule has 0 aromatic rings. The number of ketones is 1. The molecule has 3 aliphatic rings. The second-order valence-electron chi connectivity index (χ2n) is 18.6. The van der Waals surface area contributed by atoms with Gasteiger partial charge in [0.1, 0.15) is 5.78 Å². The largest absolute Gasteiger partial charge is 0.480 e. The fourth-order valence-corrected chi connectivity index (χ4v) is 8.38. The van der Waals surface area contributed by atoms with Gasteiger partial charge in [-0.15, -0.1) is 0 Å². The number of amides is 2. The summed E-state index contributed by atoms with van der Waals surface area (Å²) in [5.41, 5.74) is 0. The zero-order chi connectivity index (χ0) is 58.0. The Bertz CT molecular complexity index is 1680. The number of carbonyl (C=O) groups excluding carboxylic acids is 1. The van der Waals surface area contributed by atoms with Gasteiger partial charge in [-0.05, 0) is 26.3 Å². The summed E-state index contributed by atoms with van der Waals surface area (Å²) in [6, 6.07) is 0. The Labute approximate surface area is 445 Å². The van der Waals surface area contributed by atoms with E-state index in [-0.39, 0.29) is 104 Å². The van der Waals surface area contributed by atoms with E-state index in [9.17, 15) is 52.7 Å². The average molecular weight is 1110 g/mol. The van der Waals surface area contributed by atoms with Crippen LogP contribution in [0.5, 0.6) is 0 Å². The first kappa shape index (κ1) is 68.6. The smallest absolute Gasteiger partial charge is 0.407 e. The van der Waals surface area contributed by atoms with Gasteiger partial charge in [0, 0.05) is 137 Å². The minimum absolute atomic E-state index is 0.0209. The van der Waals surface area contributed by atoms with Crippen molar-refractivity contribution < 1.29 is 104 Å². The first-order chi connectivity index (χ1) is 36.2. The molecule has 32 heteroatoms. The zero-order valence-electron chi connectivity index (χ0n) is 43.7. The van der Waals surface area contributed by atoms with Crippen LogP contribution in [0.1, 0.15) is 19.8 Å². The number of Topliss-reactive ketones (excluding diaryl/α,β-unsaturated/α-hetero) is 1. The van der Waals surface area contributed by atoms with Gasteiger partial charge < -0.3 is 60.9 Å². The molecule has 32 nitrogen and oxygen atoms in total. The van der Waals surface area contributed by atoms with Gasteiger partial charge in [-0.25, -0.2) is 9.59 Å². The summed E-state index contributed by atoms with van der Waals surface area (Å²) in [5, 5.41) is 90.5. The maximum Gasteiger partial charge on any atom is 0.407 e. The molecule has 2 amide bonds. The number of rotatable bonds is 18. The molecule has 3 saturated heterocycles. The molecular weight excluding hydrogens is 1030 g/mol. The first-order valence-electron chi connectivity index (χ1n) is 24.9. The Morgan fingerprint density at radius 3 is 0.532 bits per heavy atom. The molecule has 3 aliphatic heterocycles. The molecule has 0 aromatic carbocycles. The third-order valence-electron chi connectivity index (χ3n) is 12.2. The monoisotopic (exact) mass is 1110 g/mol. The minimum Gasteiger partial charge on any atom is -0.480 e. The van der Waals surface area contributed by atoms with E-state index in [1.165, 1.54) is 11.8 Å². The van der Waals surface area contributed by atoms with Crippen LogP contribution < -0.4 is 0 Å². The Balaban J connectivity index is 0.000000592. The van der Waals surface area contributed by atoms with E-state index in [1.807, 2.05) is 4.90 Å². The molecule has 0 spiro atoms. The van der Waals surface area contributed by atoms with Crippen molar-refractivity contribution in [2.24, 2.45) is 0 Å². The highest BCUT2D eigenvalue weighted by molar-refractivity contribution is 5.77. The van der Waals surface area contributed by atoms with Gasteiger partial charge in [0.05, 0.1) is 58.9 Å². The number of aliphatic carboxylic acids is 8. The van der Waals surface area contributed by atoms with E-state index in [1.54, 1.807) is 34.3 Å². The Hall–Kier alpha value is -6.39.